The normalized spacial score (nSPS) is 12.7. The smallest absolute Gasteiger partial charge is 0.310 e. The van der Waals surface area contributed by atoms with Gasteiger partial charge < -0.3 is 19.7 Å². The number of hydrogen-bond acceptors (Lipinski definition) is 4. The largest absolute Gasteiger partial charge is 0.493 e. The lowest BCUT2D eigenvalue weighted by Gasteiger charge is -2.17. The molecule has 26 heavy (non-hydrogen) atoms. The second kappa shape index (κ2) is 7.86. The maximum atomic E-state index is 14.5. The van der Waals surface area contributed by atoms with Gasteiger partial charge in [-0.3, -0.25) is 9.59 Å². The molecule has 7 heteroatoms. The van der Waals surface area contributed by atoms with Gasteiger partial charge in [-0.2, -0.15) is 0 Å². The zero-order chi connectivity index (χ0) is 19.4. The van der Waals surface area contributed by atoms with Gasteiger partial charge in [0, 0.05) is 10.9 Å². The Kier molecular flexibility index (Phi) is 5.82. The number of hydrogen-bond donors (Lipinski definition) is 2. The second-order valence-electron chi connectivity index (χ2n) is 5.71. The van der Waals surface area contributed by atoms with E-state index >= 15 is 0 Å². The van der Waals surface area contributed by atoms with Gasteiger partial charge in [-0.05, 0) is 36.1 Å². The van der Waals surface area contributed by atoms with Crippen LogP contribution in [0.5, 0.6) is 11.5 Å². The van der Waals surface area contributed by atoms with Gasteiger partial charge in [0.1, 0.15) is 5.82 Å². The maximum absolute atomic E-state index is 14.5. The summed E-state index contributed by atoms with van der Waals surface area (Å²) in [6.45, 7) is 1.38. The summed E-state index contributed by atoms with van der Waals surface area (Å²) in [5.41, 5.74) is 0.352. The molecule has 0 amide bonds. The highest BCUT2D eigenvalue weighted by molar-refractivity contribution is 5.97. The van der Waals surface area contributed by atoms with Gasteiger partial charge in [-0.15, -0.1) is 0 Å². The predicted octanol–water partition coefficient (Wildman–Crippen LogP) is 3.57. The number of carboxylic acids is 2. The third-order valence-electron chi connectivity index (χ3n) is 4.11. The lowest BCUT2D eigenvalue weighted by atomic mass is 9.93. The zero-order valence-corrected chi connectivity index (χ0v) is 14.6. The highest BCUT2D eigenvalue weighted by Gasteiger charge is 2.22. The Morgan fingerprint density at radius 1 is 1.23 bits per heavy atom. The van der Waals surface area contributed by atoms with Gasteiger partial charge in [0.2, 0.25) is 0 Å². The van der Waals surface area contributed by atoms with E-state index in [9.17, 15) is 19.1 Å². The quantitative estimate of drug-likeness (QED) is 0.782. The number of methoxy groups -OCH3 is 2. The van der Waals surface area contributed by atoms with Crippen LogP contribution in [0.4, 0.5) is 4.39 Å². The first-order chi connectivity index (χ1) is 12.3. The minimum atomic E-state index is -1.18. The molecule has 1 unspecified atom stereocenters. The number of rotatable bonds is 7. The van der Waals surface area contributed by atoms with Crippen LogP contribution in [-0.2, 0) is 9.59 Å². The van der Waals surface area contributed by atoms with Gasteiger partial charge >= 0.3 is 11.9 Å². The molecule has 0 aliphatic carbocycles. The van der Waals surface area contributed by atoms with Crippen LogP contribution in [0.1, 0.15) is 18.9 Å². The molecule has 138 valence electrons. The van der Waals surface area contributed by atoms with Crippen LogP contribution in [0.25, 0.3) is 16.8 Å². The molecule has 0 saturated heterocycles. The molecule has 0 aliphatic heterocycles. The molecule has 2 aromatic rings. The van der Waals surface area contributed by atoms with Crippen molar-refractivity contribution >= 4 is 28.8 Å². The third-order valence-corrected chi connectivity index (χ3v) is 4.11. The van der Waals surface area contributed by atoms with Crippen LogP contribution in [0.2, 0.25) is 0 Å². The van der Waals surface area contributed by atoms with Crippen LogP contribution in [0, 0.1) is 11.7 Å². The van der Waals surface area contributed by atoms with Gasteiger partial charge in [0.05, 0.1) is 26.6 Å². The van der Waals surface area contributed by atoms with Crippen LogP contribution in [0.3, 0.4) is 0 Å². The lowest BCUT2D eigenvalue weighted by Crippen LogP contribution is -2.15. The average Bonchev–Trinajstić information content (AvgIpc) is 2.59. The molecule has 0 aliphatic rings. The molecular formula is C19H19FO6. The van der Waals surface area contributed by atoms with Crippen molar-refractivity contribution in [3.8, 4) is 11.5 Å². The highest BCUT2D eigenvalue weighted by Crippen LogP contribution is 2.40. The molecule has 2 rings (SSSR count). The van der Waals surface area contributed by atoms with Crippen molar-refractivity contribution < 1.29 is 33.7 Å². The summed E-state index contributed by atoms with van der Waals surface area (Å²) >= 11 is 0. The molecule has 0 fully saturated rings. The Balaban J connectivity index is 2.87. The summed E-state index contributed by atoms with van der Waals surface area (Å²) in [7, 11) is 2.80. The summed E-state index contributed by atoms with van der Waals surface area (Å²) in [5.74, 6) is -3.43. The van der Waals surface area contributed by atoms with Gasteiger partial charge in [0.25, 0.3) is 0 Å². The Hall–Kier alpha value is -3.09. The fourth-order valence-corrected chi connectivity index (χ4v) is 2.75. The topological polar surface area (TPSA) is 93.1 Å². The Morgan fingerprint density at radius 2 is 1.92 bits per heavy atom. The van der Waals surface area contributed by atoms with E-state index in [0.29, 0.717) is 11.1 Å². The molecule has 0 heterocycles. The maximum Gasteiger partial charge on any atom is 0.310 e. The van der Waals surface area contributed by atoms with Crippen molar-refractivity contribution in [2.75, 3.05) is 14.2 Å². The third kappa shape index (κ3) is 3.77. The van der Waals surface area contributed by atoms with Crippen LogP contribution >= 0.6 is 0 Å². The monoisotopic (exact) mass is 362 g/mol. The van der Waals surface area contributed by atoms with Crippen molar-refractivity contribution in [3.63, 3.8) is 0 Å². The first-order valence-electron chi connectivity index (χ1n) is 7.78. The van der Waals surface area contributed by atoms with Crippen molar-refractivity contribution in [2.24, 2.45) is 5.92 Å². The standard InChI is InChI=1S/C19H19FO6/c1-10(19(23)24)12(9-16(21)22)7-13-17-11(5-4-6-14(17)20)8-15(25-2)18(13)26-3/h4-8,10H,9H2,1-3H3,(H,21,22)(H,23,24)/b12-7+. The van der Waals surface area contributed by atoms with E-state index in [0.717, 1.165) is 0 Å². The number of aliphatic carboxylic acids is 2. The number of ether oxygens (including phenoxy) is 2. The molecule has 0 bridgehead atoms. The molecule has 2 aromatic carbocycles. The Labute approximate surface area is 149 Å². The Morgan fingerprint density at radius 3 is 2.46 bits per heavy atom. The van der Waals surface area contributed by atoms with E-state index < -0.39 is 30.1 Å². The average molecular weight is 362 g/mol. The van der Waals surface area contributed by atoms with E-state index in [1.165, 1.54) is 39.4 Å². The van der Waals surface area contributed by atoms with E-state index in [1.54, 1.807) is 12.1 Å². The lowest BCUT2D eigenvalue weighted by molar-refractivity contribution is -0.140. The summed E-state index contributed by atoms with van der Waals surface area (Å²) < 4.78 is 25.1. The summed E-state index contributed by atoms with van der Waals surface area (Å²) in [6, 6.07) is 6.08. The number of fused-ring (bicyclic) bond motifs is 1. The van der Waals surface area contributed by atoms with Crippen LogP contribution in [0.15, 0.2) is 29.8 Å². The fraction of sp³-hybridized carbons (Fsp3) is 0.263. The van der Waals surface area contributed by atoms with Gasteiger partial charge in [0.15, 0.2) is 11.5 Å². The number of carbonyl (C=O) groups is 2. The Bertz CT molecular complexity index is 887. The molecule has 0 saturated carbocycles. The van der Waals surface area contributed by atoms with Crippen molar-refractivity contribution in [3.05, 3.63) is 41.2 Å². The fourth-order valence-electron chi connectivity index (χ4n) is 2.75. The van der Waals surface area contributed by atoms with Crippen LogP contribution in [-0.4, -0.2) is 36.4 Å². The summed E-state index contributed by atoms with van der Waals surface area (Å²) in [4.78, 5) is 22.5. The van der Waals surface area contributed by atoms with E-state index in [1.807, 2.05) is 0 Å². The molecule has 0 spiro atoms. The SMILES string of the molecule is COc1cc2cccc(F)c2c(/C=C(\CC(=O)O)C(C)C(=O)O)c1OC. The first-order valence-corrected chi connectivity index (χ1v) is 7.78. The summed E-state index contributed by atoms with van der Waals surface area (Å²) in [5, 5.41) is 19.1. The van der Waals surface area contributed by atoms with E-state index in [-0.39, 0.29) is 22.3 Å². The minimum Gasteiger partial charge on any atom is -0.493 e. The number of halogens is 1. The number of carboxylic acid groups (broad SMARTS) is 2. The van der Waals surface area contributed by atoms with Crippen LogP contribution < -0.4 is 9.47 Å². The van der Waals surface area contributed by atoms with Crippen molar-refractivity contribution in [1.29, 1.82) is 0 Å². The van der Waals surface area contributed by atoms with E-state index in [2.05, 4.69) is 0 Å². The first kappa shape index (κ1) is 19.2. The molecule has 0 aromatic heterocycles. The molecule has 1 atom stereocenters. The van der Waals surface area contributed by atoms with Crippen molar-refractivity contribution in [1.82, 2.24) is 0 Å². The minimum absolute atomic E-state index is 0.112. The van der Waals surface area contributed by atoms with Gasteiger partial charge in [-0.25, -0.2) is 4.39 Å². The molecular weight excluding hydrogens is 343 g/mol. The second-order valence-corrected chi connectivity index (χ2v) is 5.71. The predicted molar refractivity (Wildman–Crippen MR) is 94.0 cm³/mol. The van der Waals surface area contributed by atoms with Gasteiger partial charge in [-0.1, -0.05) is 12.1 Å². The molecule has 0 radical (unpaired) electrons. The van der Waals surface area contributed by atoms with E-state index in [4.69, 9.17) is 14.6 Å². The molecule has 6 nitrogen and oxygen atoms in total. The number of benzene rings is 2. The highest BCUT2D eigenvalue weighted by atomic mass is 19.1. The molecule has 2 N–H and O–H groups in total. The zero-order valence-electron chi connectivity index (χ0n) is 14.6. The van der Waals surface area contributed by atoms with Crippen molar-refractivity contribution in [2.45, 2.75) is 13.3 Å². The summed E-state index contributed by atoms with van der Waals surface area (Å²) in [6.07, 6.45) is 0.865.